The Balaban J connectivity index is 1.23. The summed E-state index contributed by atoms with van der Waals surface area (Å²) in [6.07, 6.45) is 0.665. The smallest absolute Gasteiger partial charge is 0.337 e. The van der Waals surface area contributed by atoms with Crippen LogP contribution in [-0.2, 0) is 28.7 Å². The summed E-state index contributed by atoms with van der Waals surface area (Å²) in [6.45, 7) is -0.565. The number of nitrogens with one attached hydrogen (secondary N) is 1. The molecule has 11 heteroatoms. The van der Waals surface area contributed by atoms with Crippen molar-refractivity contribution >= 4 is 67.2 Å². The highest BCUT2D eigenvalue weighted by atomic mass is 79.9. The van der Waals surface area contributed by atoms with Gasteiger partial charge in [-0.15, -0.1) is 0 Å². The Bertz CT molecular complexity index is 967. The number of ether oxygens (including phenoxy) is 2. The number of anilines is 1. The van der Waals surface area contributed by atoms with Crippen LogP contribution in [0.1, 0.15) is 23.2 Å². The summed E-state index contributed by atoms with van der Waals surface area (Å²) in [4.78, 5) is 62.7. The molecule has 2 saturated carbocycles. The number of hydrogen-bond donors (Lipinski definition) is 1. The van der Waals surface area contributed by atoms with E-state index in [1.165, 1.54) is 36.3 Å². The summed E-state index contributed by atoms with van der Waals surface area (Å²) in [5.41, 5.74) is 0.761. The molecule has 2 bridgehead atoms. The summed E-state index contributed by atoms with van der Waals surface area (Å²) < 4.78 is 9.58. The van der Waals surface area contributed by atoms with Crippen molar-refractivity contribution < 1.29 is 33.4 Å². The van der Waals surface area contributed by atoms with Gasteiger partial charge in [0.15, 0.2) is 6.61 Å². The molecule has 0 unspecified atom stereocenters. The van der Waals surface area contributed by atoms with Gasteiger partial charge in [-0.3, -0.25) is 24.1 Å². The minimum Gasteiger partial charge on any atom is -0.465 e. The summed E-state index contributed by atoms with van der Waals surface area (Å²) in [6, 6.07) is 6.04. The van der Waals surface area contributed by atoms with Crippen molar-refractivity contribution in [2.45, 2.75) is 22.5 Å². The number of rotatable bonds is 7. The maximum absolute atomic E-state index is 12.8. The van der Waals surface area contributed by atoms with Gasteiger partial charge in [-0.05, 0) is 42.5 Å². The Morgan fingerprint density at radius 1 is 1.03 bits per heavy atom. The van der Waals surface area contributed by atoms with Gasteiger partial charge in [0, 0.05) is 21.9 Å². The third-order valence-electron chi connectivity index (χ3n) is 6.57. The Kier molecular flexibility index (Phi) is 6.90. The lowest BCUT2D eigenvalue weighted by molar-refractivity contribution is -0.149. The molecular weight excluding hydrogens is 564 g/mol. The second kappa shape index (κ2) is 9.54. The Morgan fingerprint density at radius 2 is 1.61 bits per heavy atom. The van der Waals surface area contributed by atoms with Gasteiger partial charge in [0.25, 0.3) is 5.91 Å². The molecule has 1 saturated heterocycles. The first-order valence-corrected chi connectivity index (χ1v) is 12.3. The average Bonchev–Trinajstić information content (AvgIpc) is 3.41. The van der Waals surface area contributed by atoms with E-state index in [9.17, 15) is 24.0 Å². The number of alkyl halides is 2. The number of benzene rings is 1. The second-order valence-electron chi connectivity index (χ2n) is 8.36. The molecule has 0 radical (unpaired) electrons. The van der Waals surface area contributed by atoms with Crippen molar-refractivity contribution in [3.8, 4) is 0 Å². The van der Waals surface area contributed by atoms with Crippen molar-refractivity contribution in [3.05, 3.63) is 29.8 Å². The van der Waals surface area contributed by atoms with Crippen LogP contribution < -0.4 is 5.32 Å². The Labute approximate surface area is 206 Å². The molecule has 0 aromatic heterocycles. The molecule has 4 rings (SSSR count). The first-order chi connectivity index (χ1) is 15.7. The maximum atomic E-state index is 12.8. The van der Waals surface area contributed by atoms with E-state index < -0.39 is 24.5 Å². The van der Waals surface area contributed by atoms with E-state index in [1.807, 2.05) is 0 Å². The van der Waals surface area contributed by atoms with Crippen molar-refractivity contribution in [2.24, 2.45) is 23.7 Å². The topological polar surface area (TPSA) is 119 Å². The van der Waals surface area contributed by atoms with Gasteiger partial charge in [-0.25, -0.2) is 4.79 Å². The minimum atomic E-state index is -0.677. The fourth-order valence-electron chi connectivity index (χ4n) is 5.06. The minimum absolute atomic E-state index is 0.0561. The number of carbonyl (C=O) groups excluding carboxylic acids is 5. The zero-order valence-corrected chi connectivity index (χ0v) is 20.8. The molecule has 3 aliphatic rings. The van der Waals surface area contributed by atoms with Crippen LogP contribution in [0.5, 0.6) is 0 Å². The van der Waals surface area contributed by atoms with Gasteiger partial charge in [0.1, 0.15) is 0 Å². The number of fused-ring (bicyclic) bond motifs is 5. The molecule has 1 heterocycles. The highest BCUT2D eigenvalue weighted by molar-refractivity contribution is 9.12. The molecule has 3 amide bonds. The highest BCUT2D eigenvalue weighted by Gasteiger charge is 2.66. The molecule has 2 aliphatic carbocycles. The number of esters is 2. The van der Waals surface area contributed by atoms with Crippen molar-refractivity contribution in [1.29, 1.82) is 0 Å². The lowest BCUT2D eigenvalue weighted by atomic mass is 9.81. The number of halogens is 2. The second-order valence-corrected chi connectivity index (χ2v) is 10.5. The van der Waals surface area contributed by atoms with Crippen molar-refractivity contribution in [1.82, 2.24) is 4.90 Å². The largest absolute Gasteiger partial charge is 0.465 e. The summed E-state index contributed by atoms with van der Waals surface area (Å²) in [7, 11) is 1.27. The zero-order chi connectivity index (χ0) is 23.9. The number of nitrogens with zero attached hydrogens (tertiary/aromatic N) is 1. The standard InChI is InChI=1S/C22H22Br2N2O7/c1-32-22(31)10-2-4-11(5-3-10)25-14(27)9-33-15(28)6-7-26-20(29)16-12-8-13(17(16)21(26)30)19(24)18(12)23/h2-5,12-13,16-19H,6-9H2,1H3,(H,25,27)/t12-,13-,16-,17-,18+,19+/m1/s1. The lowest BCUT2D eigenvalue weighted by Gasteiger charge is -2.28. The fraction of sp³-hybridized carbons (Fsp3) is 0.500. The molecule has 3 fully saturated rings. The maximum Gasteiger partial charge on any atom is 0.337 e. The summed E-state index contributed by atoms with van der Waals surface area (Å²) in [5.74, 6) is -2.59. The molecular formula is C22H22Br2N2O7. The predicted molar refractivity (Wildman–Crippen MR) is 123 cm³/mol. The van der Waals surface area contributed by atoms with E-state index in [1.54, 1.807) is 0 Å². The molecule has 9 nitrogen and oxygen atoms in total. The van der Waals surface area contributed by atoms with Crippen LogP contribution >= 0.6 is 31.9 Å². The van der Waals surface area contributed by atoms with Crippen LogP contribution in [0.4, 0.5) is 5.69 Å². The van der Waals surface area contributed by atoms with E-state index in [2.05, 4.69) is 41.9 Å². The van der Waals surface area contributed by atoms with Gasteiger partial charge in [0.05, 0.1) is 30.9 Å². The van der Waals surface area contributed by atoms with Gasteiger partial charge in [-0.2, -0.15) is 0 Å². The molecule has 1 aromatic carbocycles. The van der Waals surface area contributed by atoms with Crippen LogP contribution in [0, 0.1) is 23.7 Å². The molecule has 1 aromatic rings. The SMILES string of the molecule is COC(=O)c1ccc(NC(=O)COC(=O)CCN2C(=O)[C@@H]3[C@H]4C[C@@H]([C@H](Br)[C@H]4Br)[C@H]3C2=O)cc1. The number of carbonyl (C=O) groups is 5. The van der Waals surface area contributed by atoms with Crippen LogP contribution in [-0.4, -0.2) is 64.5 Å². The summed E-state index contributed by atoms with van der Waals surface area (Å²) >= 11 is 7.27. The Morgan fingerprint density at radius 3 is 2.15 bits per heavy atom. The van der Waals surface area contributed by atoms with Crippen LogP contribution in [0.15, 0.2) is 24.3 Å². The quantitative estimate of drug-likeness (QED) is 0.296. The number of imide groups is 1. The van der Waals surface area contributed by atoms with Crippen molar-refractivity contribution in [3.63, 3.8) is 0 Å². The van der Waals surface area contributed by atoms with Crippen LogP contribution in [0.25, 0.3) is 0 Å². The molecule has 1 aliphatic heterocycles. The highest BCUT2D eigenvalue weighted by Crippen LogP contribution is 2.60. The molecule has 0 spiro atoms. The van der Waals surface area contributed by atoms with E-state index in [-0.39, 0.29) is 58.1 Å². The summed E-state index contributed by atoms with van der Waals surface area (Å²) in [5, 5.41) is 2.55. The molecule has 176 valence electrons. The first-order valence-electron chi connectivity index (χ1n) is 10.5. The van der Waals surface area contributed by atoms with Crippen molar-refractivity contribution in [2.75, 3.05) is 25.6 Å². The lowest BCUT2D eigenvalue weighted by Crippen LogP contribution is -2.37. The third kappa shape index (κ3) is 4.44. The molecule has 33 heavy (non-hydrogen) atoms. The Hall–Kier alpha value is -2.27. The number of methoxy groups -OCH3 is 1. The van der Waals surface area contributed by atoms with E-state index >= 15 is 0 Å². The number of likely N-dealkylation sites (tertiary alicyclic amines) is 1. The monoisotopic (exact) mass is 584 g/mol. The van der Waals surface area contributed by atoms with E-state index in [0.29, 0.717) is 11.3 Å². The van der Waals surface area contributed by atoms with E-state index in [4.69, 9.17) is 4.74 Å². The van der Waals surface area contributed by atoms with Crippen LogP contribution in [0.2, 0.25) is 0 Å². The van der Waals surface area contributed by atoms with Crippen LogP contribution in [0.3, 0.4) is 0 Å². The predicted octanol–water partition coefficient (Wildman–Crippen LogP) is 2.12. The average molecular weight is 586 g/mol. The fourth-order valence-corrected chi connectivity index (χ4v) is 6.93. The van der Waals surface area contributed by atoms with Gasteiger partial charge < -0.3 is 14.8 Å². The van der Waals surface area contributed by atoms with Gasteiger partial charge in [0.2, 0.25) is 11.8 Å². The van der Waals surface area contributed by atoms with E-state index in [0.717, 1.165) is 6.42 Å². The third-order valence-corrected chi connectivity index (χ3v) is 9.78. The van der Waals surface area contributed by atoms with Gasteiger partial charge in [-0.1, -0.05) is 31.9 Å². The number of hydrogen-bond acceptors (Lipinski definition) is 7. The van der Waals surface area contributed by atoms with Gasteiger partial charge >= 0.3 is 11.9 Å². The molecule has 1 N–H and O–H groups in total. The normalized spacial score (nSPS) is 29.7. The first kappa shape index (κ1) is 23.9. The number of amides is 3. The zero-order valence-electron chi connectivity index (χ0n) is 17.7. The molecule has 6 atom stereocenters.